The molecule has 92 valence electrons. The number of benzene rings is 1. The fraction of sp³-hybridized carbons (Fsp3) is 0.143. The summed E-state index contributed by atoms with van der Waals surface area (Å²) in [6.07, 6.45) is 0.689. The van der Waals surface area contributed by atoms with Crippen LogP contribution < -0.4 is 5.32 Å². The summed E-state index contributed by atoms with van der Waals surface area (Å²) >= 11 is 0. The van der Waals surface area contributed by atoms with E-state index >= 15 is 0 Å². The van der Waals surface area contributed by atoms with E-state index in [2.05, 4.69) is 10.3 Å². The van der Waals surface area contributed by atoms with Crippen molar-refractivity contribution in [2.45, 2.75) is 13.8 Å². The molecule has 1 aromatic carbocycles. The Kier molecular flexibility index (Phi) is 3.28. The van der Waals surface area contributed by atoms with Gasteiger partial charge in [0.15, 0.2) is 0 Å². The van der Waals surface area contributed by atoms with Gasteiger partial charge in [0, 0.05) is 17.6 Å². The van der Waals surface area contributed by atoms with Gasteiger partial charge in [-0.3, -0.25) is 10.3 Å². The molecule has 1 heterocycles. The van der Waals surface area contributed by atoms with Gasteiger partial charge in [0.25, 0.3) is 0 Å². The van der Waals surface area contributed by atoms with Crippen molar-refractivity contribution in [2.24, 2.45) is 0 Å². The molecule has 0 spiro atoms. The van der Waals surface area contributed by atoms with Crippen molar-refractivity contribution in [2.75, 3.05) is 5.32 Å². The number of hydrogen-bond acceptors (Lipinski definition) is 2. The highest BCUT2D eigenvalue weighted by Crippen LogP contribution is 2.24. The third-order valence-electron chi connectivity index (χ3n) is 2.56. The first-order valence-electron chi connectivity index (χ1n) is 5.59. The smallest absolute Gasteiger partial charge is 0.409 e. The van der Waals surface area contributed by atoms with Gasteiger partial charge in [-0.2, -0.15) is 0 Å². The van der Waals surface area contributed by atoms with Crippen molar-refractivity contribution in [1.29, 1.82) is 0 Å². The maximum Gasteiger partial charge on any atom is 0.409 e. The zero-order chi connectivity index (χ0) is 13.1. The Morgan fingerprint density at radius 1 is 1.17 bits per heavy atom. The quantitative estimate of drug-likeness (QED) is 0.847. The molecule has 0 fully saturated rings. The fourth-order valence-corrected chi connectivity index (χ4v) is 1.87. The minimum absolute atomic E-state index is 0.576. The second kappa shape index (κ2) is 4.87. The van der Waals surface area contributed by atoms with Gasteiger partial charge in [-0.25, -0.2) is 4.79 Å². The van der Waals surface area contributed by atoms with Crippen LogP contribution in [0.2, 0.25) is 0 Å². The van der Waals surface area contributed by atoms with E-state index in [9.17, 15) is 4.79 Å². The molecule has 2 rings (SSSR count). The van der Waals surface area contributed by atoms with Crippen LogP contribution in [0.4, 0.5) is 10.5 Å². The highest BCUT2D eigenvalue weighted by Gasteiger charge is 2.04. The van der Waals surface area contributed by atoms with Crippen molar-refractivity contribution >= 4 is 11.8 Å². The molecule has 0 saturated carbocycles. The third-order valence-corrected chi connectivity index (χ3v) is 2.56. The van der Waals surface area contributed by atoms with Crippen molar-refractivity contribution in [3.05, 3.63) is 47.8 Å². The van der Waals surface area contributed by atoms with E-state index in [1.165, 1.54) is 0 Å². The summed E-state index contributed by atoms with van der Waals surface area (Å²) in [7, 11) is 0. The van der Waals surface area contributed by atoms with Gasteiger partial charge in [-0.1, -0.05) is 6.07 Å². The Morgan fingerprint density at radius 3 is 2.61 bits per heavy atom. The van der Waals surface area contributed by atoms with Gasteiger partial charge < -0.3 is 5.11 Å². The normalized spacial score (nSPS) is 10.1. The molecular weight excluding hydrogens is 228 g/mol. The highest BCUT2D eigenvalue weighted by atomic mass is 16.4. The summed E-state index contributed by atoms with van der Waals surface area (Å²) < 4.78 is 0. The topological polar surface area (TPSA) is 62.2 Å². The molecule has 2 aromatic rings. The number of nitrogens with zero attached hydrogens (tertiary/aromatic N) is 1. The number of pyridine rings is 1. The Labute approximate surface area is 105 Å². The van der Waals surface area contributed by atoms with E-state index in [1.807, 2.05) is 38.1 Å². The number of hydrogen-bond donors (Lipinski definition) is 2. The summed E-state index contributed by atoms with van der Waals surface area (Å²) in [6, 6.07) is 9.51. The minimum atomic E-state index is -1.06. The van der Waals surface area contributed by atoms with Crippen LogP contribution in [-0.2, 0) is 0 Å². The molecule has 0 unspecified atom stereocenters. The molecule has 0 bridgehead atoms. The first kappa shape index (κ1) is 12.1. The molecule has 0 aliphatic heterocycles. The lowest BCUT2D eigenvalue weighted by molar-refractivity contribution is 0.210. The van der Waals surface area contributed by atoms with Crippen LogP contribution >= 0.6 is 0 Å². The van der Waals surface area contributed by atoms with Crippen LogP contribution in [0.1, 0.15) is 11.3 Å². The van der Waals surface area contributed by atoms with E-state index in [0.29, 0.717) is 5.69 Å². The first-order chi connectivity index (χ1) is 8.54. The van der Waals surface area contributed by atoms with Crippen molar-refractivity contribution in [3.8, 4) is 11.1 Å². The number of amides is 1. The van der Waals surface area contributed by atoms with Crippen LogP contribution in [0.15, 0.2) is 36.5 Å². The lowest BCUT2D eigenvalue weighted by Gasteiger charge is -2.08. The van der Waals surface area contributed by atoms with Gasteiger partial charge in [0.1, 0.15) is 0 Å². The number of anilines is 1. The van der Waals surface area contributed by atoms with E-state index in [0.717, 1.165) is 22.4 Å². The van der Waals surface area contributed by atoms with Crippen LogP contribution in [0.5, 0.6) is 0 Å². The average Bonchev–Trinajstić information content (AvgIpc) is 2.27. The van der Waals surface area contributed by atoms with E-state index in [1.54, 1.807) is 12.3 Å². The Balaban J connectivity index is 2.44. The largest absolute Gasteiger partial charge is 0.465 e. The Morgan fingerprint density at radius 2 is 1.94 bits per heavy atom. The van der Waals surface area contributed by atoms with Gasteiger partial charge in [0.2, 0.25) is 0 Å². The molecule has 0 atom stereocenters. The minimum Gasteiger partial charge on any atom is -0.465 e. The van der Waals surface area contributed by atoms with Gasteiger partial charge in [-0.15, -0.1) is 0 Å². The second-order valence-corrected chi connectivity index (χ2v) is 4.20. The Hall–Kier alpha value is -2.36. The van der Waals surface area contributed by atoms with E-state index < -0.39 is 6.09 Å². The molecule has 1 amide bonds. The number of rotatable bonds is 2. The molecule has 4 nitrogen and oxygen atoms in total. The molecule has 0 saturated heterocycles. The van der Waals surface area contributed by atoms with Gasteiger partial charge in [-0.05, 0) is 54.8 Å². The van der Waals surface area contributed by atoms with Crippen molar-refractivity contribution in [3.63, 3.8) is 0 Å². The van der Waals surface area contributed by atoms with Gasteiger partial charge >= 0.3 is 6.09 Å². The summed E-state index contributed by atoms with van der Waals surface area (Å²) in [5.41, 5.74) is 4.52. The molecule has 18 heavy (non-hydrogen) atoms. The van der Waals surface area contributed by atoms with Crippen molar-refractivity contribution < 1.29 is 9.90 Å². The fourth-order valence-electron chi connectivity index (χ4n) is 1.87. The van der Waals surface area contributed by atoms with Crippen LogP contribution in [-0.4, -0.2) is 16.2 Å². The van der Waals surface area contributed by atoms with Crippen molar-refractivity contribution in [1.82, 2.24) is 4.98 Å². The number of nitrogens with one attached hydrogen (secondary N) is 1. The van der Waals surface area contributed by atoms with Gasteiger partial charge in [0.05, 0.1) is 0 Å². The van der Waals surface area contributed by atoms with Crippen LogP contribution in [0, 0.1) is 13.8 Å². The number of carboxylic acid groups (broad SMARTS) is 1. The summed E-state index contributed by atoms with van der Waals surface area (Å²) in [4.78, 5) is 14.8. The average molecular weight is 242 g/mol. The maximum absolute atomic E-state index is 10.7. The molecule has 4 heteroatoms. The van der Waals surface area contributed by atoms with E-state index in [-0.39, 0.29) is 0 Å². The number of carbonyl (C=O) groups is 1. The first-order valence-corrected chi connectivity index (χ1v) is 5.59. The molecule has 1 aromatic heterocycles. The van der Waals surface area contributed by atoms with E-state index in [4.69, 9.17) is 5.11 Å². The lowest BCUT2D eigenvalue weighted by atomic mass is 10.0. The maximum atomic E-state index is 10.7. The number of aryl methyl sites for hydroxylation is 2. The predicted molar refractivity (Wildman–Crippen MR) is 70.8 cm³/mol. The Bertz CT molecular complexity index is 594. The summed E-state index contributed by atoms with van der Waals surface area (Å²) in [5, 5.41) is 11.1. The molecular formula is C14H14N2O2. The van der Waals surface area contributed by atoms with Crippen LogP contribution in [0.3, 0.4) is 0 Å². The second-order valence-electron chi connectivity index (χ2n) is 4.20. The standard InChI is InChI=1S/C14H14N2O2/c1-9-5-12(8-13(6-9)16-14(17)18)11-3-4-15-10(2)7-11/h3-8,16H,1-2H3,(H,17,18). The third kappa shape index (κ3) is 2.85. The highest BCUT2D eigenvalue weighted by molar-refractivity contribution is 5.84. The zero-order valence-electron chi connectivity index (χ0n) is 10.3. The lowest BCUT2D eigenvalue weighted by Crippen LogP contribution is -2.07. The summed E-state index contributed by atoms with van der Waals surface area (Å²) in [6.45, 7) is 3.86. The SMILES string of the molecule is Cc1cc(NC(=O)O)cc(-c2ccnc(C)c2)c1. The molecule has 0 aliphatic rings. The molecule has 0 aliphatic carbocycles. The zero-order valence-corrected chi connectivity index (χ0v) is 10.3. The predicted octanol–water partition coefficient (Wildman–Crippen LogP) is 3.46. The molecule has 0 radical (unpaired) electrons. The number of aromatic nitrogens is 1. The monoisotopic (exact) mass is 242 g/mol. The summed E-state index contributed by atoms with van der Waals surface area (Å²) in [5.74, 6) is 0. The molecule has 2 N–H and O–H groups in total. The van der Waals surface area contributed by atoms with Crippen LogP contribution in [0.25, 0.3) is 11.1 Å².